The molecular formula is C22H23F3NO2+. The van der Waals surface area contributed by atoms with E-state index in [0.717, 1.165) is 28.5 Å². The Morgan fingerprint density at radius 3 is 2.36 bits per heavy atom. The van der Waals surface area contributed by atoms with E-state index in [9.17, 15) is 18.3 Å². The Morgan fingerprint density at radius 2 is 1.64 bits per heavy atom. The van der Waals surface area contributed by atoms with Crippen LogP contribution < -0.4 is 10.1 Å². The van der Waals surface area contributed by atoms with Crippen LogP contribution >= 0.6 is 0 Å². The maximum Gasteiger partial charge on any atom is 0.416 e. The number of hydrogen-bond donors (Lipinski definition) is 2. The summed E-state index contributed by atoms with van der Waals surface area (Å²) < 4.78 is 43.3. The molecule has 0 saturated heterocycles. The van der Waals surface area contributed by atoms with Crippen LogP contribution in [0.2, 0.25) is 0 Å². The van der Waals surface area contributed by atoms with Crippen molar-refractivity contribution in [1.29, 1.82) is 0 Å². The minimum absolute atomic E-state index is 0.190. The maximum absolute atomic E-state index is 12.5. The van der Waals surface area contributed by atoms with Crippen LogP contribution in [-0.2, 0) is 12.6 Å². The molecular weight excluding hydrogens is 367 g/mol. The molecule has 0 aromatic heterocycles. The predicted molar refractivity (Wildman–Crippen MR) is 102 cm³/mol. The summed E-state index contributed by atoms with van der Waals surface area (Å²) in [4.78, 5) is 0. The van der Waals surface area contributed by atoms with Crippen molar-refractivity contribution in [2.75, 3.05) is 19.7 Å². The molecule has 0 amide bonds. The monoisotopic (exact) mass is 390 g/mol. The van der Waals surface area contributed by atoms with E-state index in [4.69, 9.17) is 4.74 Å². The lowest BCUT2D eigenvalue weighted by Crippen LogP contribution is -2.87. The minimum atomic E-state index is -4.31. The molecule has 0 saturated carbocycles. The Labute approximate surface area is 161 Å². The molecule has 0 unspecified atom stereocenters. The lowest BCUT2D eigenvalue weighted by molar-refractivity contribution is -0.660. The SMILES string of the molecule is O[C@H](C[NH2+]CCc1ccc(C(F)(F)F)cc1)COc1ccc2ccccc2c1. The van der Waals surface area contributed by atoms with Crippen molar-refractivity contribution < 1.29 is 28.3 Å². The molecule has 3 rings (SSSR count). The van der Waals surface area contributed by atoms with Gasteiger partial charge in [-0.3, -0.25) is 0 Å². The van der Waals surface area contributed by atoms with Crippen molar-refractivity contribution >= 4 is 10.8 Å². The van der Waals surface area contributed by atoms with E-state index in [-0.39, 0.29) is 6.61 Å². The summed E-state index contributed by atoms with van der Waals surface area (Å²) in [5.41, 5.74) is 0.202. The van der Waals surface area contributed by atoms with Crippen molar-refractivity contribution in [3.8, 4) is 5.75 Å². The fourth-order valence-electron chi connectivity index (χ4n) is 2.96. The number of alkyl halides is 3. The first kappa shape index (κ1) is 20.2. The summed E-state index contributed by atoms with van der Waals surface area (Å²) in [6.45, 7) is 1.34. The maximum atomic E-state index is 12.5. The fraction of sp³-hybridized carbons (Fsp3) is 0.273. The highest BCUT2D eigenvalue weighted by Gasteiger charge is 2.29. The number of aliphatic hydroxyl groups is 1. The molecule has 3 N–H and O–H groups in total. The Hall–Kier alpha value is -2.57. The van der Waals surface area contributed by atoms with Gasteiger partial charge in [0.05, 0.1) is 12.1 Å². The second-order valence-corrected chi connectivity index (χ2v) is 6.73. The summed E-state index contributed by atoms with van der Waals surface area (Å²) >= 11 is 0. The molecule has 6 heteroatoms. The molecule has 0 heterocycles. The van der Waals surface area contributed by atoms with Gasteiger partial charge in [0.2, 0.25) is 0 Å². The van der Waals surface area contributed by atoms with Gasteiger partial charge in [-0.2, -0.15) is 13.2 Å². The lowest BCUT2D eigenvalue weighted by atomic mass is 10.1. The van der Waals surface area contributed by atoms with Gasteiger partial charge in [-0.15, -0.1) is 0 Å². The predicted octanol–water partition coefficient (Wildman–Crippen LogP) is 3.40. The first-order valence-electron chi connectivity index (χ1n) is 9.19. The van der Waals surface area contributed by atoms with Gasteiger partial charge in [0.25, 0.3) is 0 Å². The van der Waals surface area contributed by atoms with E-state index in [1.807, 2.05) is 47.8 Å². The average molecular weight is 390 g/mol. The highest BCUT2D eigenvalue weighted by molar-refractivity contribution is 5.83. The average Bonchev–Trinajstić information content (AvgIpc) is 2.69. The number of aliphatic hydroxyl groups excluding tert-OH is 1. The van der Waals surface area contributed by atoms with E-state index in [2.05, 4.69) is 0 Å². The standard InChI is InChI=1S/C22H22F3NO2/c23-22(24,25)19-8-5-16(6-9-19)11-12-26-14-20(27)15-28-21-10-7-17-3-1-2-4-18(17)13-21/h1-10,13,20,26-27H,11-12,14-15H2/p+1/t20-/m1/s1. The summed E-state index contributed by atoms with van der Waals surface area (Å²) in [7, 11) is 0. The van der Waals surface area contributed by atoms with E-state index in [1.54, 1.807) is 0 Å². The van der Waals surface area contributed by atoms with Gasteiger partial charge in [0.1, 0.15) is 25.0 Å². The quantitative estimate of drug-likeness (QED) is 0.579. The number of benzene rings is 3. The lowest BCUT2D eigenvalue weighted by Gasteiger charge is -2.12. The Balaban J connectivity index is 1.37. The highest BCUT2D eigenvalue weighted by Crippen LogP contribution is 2.29. The molecule has 28 heavy (non-hydrogen) atoms. The van der Waals surface area contributed by atoms with Crippen LogP contribution in [0.5, 0.6) is 5.75 Å². The van der Waals surface area contributed by atoms with Crippen LogP contribution in [0.4, 0.5) is 13.2 Å². The second kappa shape index (κ2) is 9.08. The summed E-state index contributed by atoms with van der Waals surface area (Å²) in [6, 6.07) is 19.0. The third kappa shape index (κ3) is 5.71. The summed E-state index contributed by atoms with van der Waals surface area (Å²) in [6.07, 6.45) is -4.30. The zero-order valence-electron chi connectivity index (χ0n) is 15.3. The molecule has 0 aliphatic carbocycles. The fourth-order valence-corrected chi connectivity index (χ4v) is 2.96. The number of halogens is 3. The van der Waals surface area contributed by atoms with Crippen LogP contribution in [0.3, 0.4) is 0 Å². The van der Waals surface area contributed by atoms with Gasteiger partial charge in [-0.05, 0) is 40.6 Å². The van der Waals surface area contributed by atoms with Gasteiger partial charge in [0, 0.05) is 6.42 Å². The van der Waals surface area contributed by atoms with Gasteiger partial charge >= 0.3 is 6.18 Å². The number of quaternary nitrogens is 1. The normalized spacial score (nSPS) is 12.9. The van der Waals surface area contributed by atoms with Gasteiger partial charge in [0.15, 0.2) is 0 Å². The number of ether oxygens (including phenoxy) is 1. The molecule has 0 aliphatic rings. The third-order valence-corrected chi connectivity index (χ3v) is 4.52. The molecule has 1 atom stereocenters. The zero-order chi connectivity index (χ0) is 20.0. The van der Waals surface area contributed by atoms with Crippen molar-refractivity contribution in [3.05, 3.63) is 77.9 Å². The van der Waals surface area contributed by atoms with Crippen LogP contribution in [-0.4, -0.2) is 30.9 Å². The molecule has 3 nitrogen and oxygen atoms in total. The molecule has 3 aromatic rings. The highest BCUT2D eigenvalue weighted by atomic mass is 19.4. The van der Waals surface area contributed by atoms with Crippen LogP contribution in [0.25, 0.3) is 10.8 Å². The van der Waals surface area contributed by atoms with E-state index in [0.29, 0.717) is 25.3 Å². The van der Waals surface area contributed by atoms with Crippen molar-refractivity contribution in [2.45, 2.75) is 18.7 Å². The molecule has 0 spiro atoms. The number of nitrogens with two attached hydrogens (primary N) is 1. The largest absolute Gasteiger partial charge is 0.491 e. The van der Waals surface area contributed by atoms with E-state index in [1.165, 1.54) is 12.1 Å². The zero-order valence-corrected chi connectivity index (χ0v) is 15.3. The molecule has 0 aliphatic heterocycles. The number of hydrogen-bond acceptors (Lipinski definition) is 2. The van der Waals surface area contributed by atoms with Crippen molar-refractivity contribution in [2.24, 2.45) is 0 Å². The molecule has 3 aromatic carbocycles. The smallest absolute Gasteiger partial charge is 0.416 e. The van der Waals surface area contributed by atoms with E-state index < -0.39 is 17.8 Å². The first-order chi connectivity index (χ1) is 13.4. The molecule has 0 fully saturated rings. The van der Waals surface area contributed by atoms with Crippen LogP contribution in [0.15, 0.2) is 66.7 Å². The van der Waals surface area contributed by atoms with Crippen molar-refractivity contribution in [3.63, 3.8) is 0 Å². The van der Waals surface area contributed by atoms with E-state index >= 15 is 0 Å². The van der Waals surface area contributed by atoms with Gasteiger partial charge < -0.3 is 15.2 Å². The first-order valence-corrected chi connectivity index (χ1v) is 9.19. The Kier molecular flexibility index (Phi) is 6.54. The van der Waals surface area contributed by atoms with Crippen LogP contribution in [0, 0.1) is 0 Å². The minimum Gasteiger partial charge on any atom is -0.491 e. The van der Waals surface area contributed by atoms with Crippen LogP contribution in [0.1, 0.15) is 11.1 Å². The summed E-state index contributed by atoms with van der Waals surface area (Å²) in [5.74, 6) is 0.711. The van der Waals surface area contributed by atoms with Gasteiger partial charge in [-0.1, -0.05) is 42.5 Å². The number of fused-ring (bicyclic) bond motifs is 1. The third-order valence-electron chi connectivity index (χ3n) is 4.52. The topological polar surface area (TPSA) is 46.1 Å². The van der Waals surface area contributed by atoms with Gasteiger partial charge in [-0.25, -0.2) is 0 Å². The molecule has 0 bridgehead atoms. The summed E-state index contributed by atoms with van der Waals surface area (Å²) in [5, 5.41) is 14.2. The Bertz CT molecular complexity index is 894. The second-order valence-electron chi connectivity index (χ2n) is 6.73. The molecule has 0 radical (unpaired) electrons. The number of rotatable bonds is 8. The Morgan fingerprint density at radius 1 is 0.929 bits per heavy atom. The molecule has 148 valence electrons. The van der Waals surface area contributed by atoms with Crippen molar-refractivity contribution in [1.82, 2.24) is 0 Å².